The Morgan fingerprint density at radius 1 is 1.48 bits per heavy atom. The molecule has 7 nitrogen and oxygen atoms in total. The van der Waals surface area contributed by atoms with Gasteiger partial charge < -0.3 is 15.8 Å². The first-order valence-corrected chi connectivity index (χ1v) is 8.38. The number of aromatic nitrogens is 3. The van der Waals surface area contributed by atoms with E-state index in [1.807, 2.05) is 28.8 Å². The molecule has 0 bridgehead atoms. The number of benzene rings is 1. The van der Waals surface area contributed by atoms with Crippen LogP contribution in [0.2, 0.25) is 0 Å². The fourth-order valence-electron chi connectivity index (χ4n) is 2.23. The van der Waals surface area contributed by atoms with Crippen LogP contribution in [0.15, 0.2) is 29.4 Å². The van der Waals surface area contributed by atoms with E-state index in [4.69, 9.17) is 10.5 Å². The van der Waals surface area contributed by atoms with Crippen LogP contribution in [0, 0.1) is 0 Å². The number of nitrogen functional groups attached to an aromatic ring is 1. The molecule has 3 N–H and O–H groups in total. The molecule has 1 aromatic carbocycles. The highest BCUT2D eigenvalue weighted by Crippen LogP contribution is 2.39. The number of hydrogen-bond acceptors (Lipinski definition) is 6. The van der Waals surface area contributed by atoms with Crippen LogP contribution in [0.1, 0.15) is 24.4 Å². The highest BCUT2D eigenvalue weighted by molar-refractivity contribution is 7.99. The number of methoxy groups -OCH3 is 1. The molecule has 1 aromatic heterocycles. The second kappa shape index (κ2) is 6.91. The minimum atomic E-state index is -0.0539. The normalized spacial score (nSPS) is 13.8. The molecule has 3 rings (SSSR count). The molecule has 1 saturated carbocycles. The van der Waals surface area contributed by atoms with Crippen LogP contribution in [-0.4, -0.2) is 33.5 Å². The summed E-state index contributed by atoms with van der Waals surface area (Å²) in [6, 6.07) is 8.01. The monoisotopic (exact) mass is 333 g/mol. The molecule has 0 atom stereocenters. The average Bonchev–Trinajstić information content (AvgIpc) is 3.34. The van der Waals surface area contributed by atoms with E-state index in [-0.39, 0.29) is 11.7 Å². The Labute approximate surface area is 138 Å². The number of anilines is 1. The zero-order valence-electron chi connectivity index (χ0n) is 12.9. The maximum Gasteiger partial charge on any atom is 0.230 e. The Morgan fingerprint density at radius 2 is 2.30 bits per heavy atom. The smallest absolute Gasteiger partial charge is 0.230 e. The number of carbonyl (C=O) groups excluding carboxylic acids is 1. The maximum absolute atomic E-state index is 12.0. The molecule has 23 heavy (non-hydrogen) atoms. The van der Waals surface area contributed by atoms with Gasteiger partial charge >= 0.3 is 0 Å². The highest BCUT2D eigenvalue weighted by Gasteiger charge is 2.29. The Balaban J connectivity index is 1.50. The maximum atomic E-state index is 12.0. The SMILES string of the molecule is COc1cccc(CNC(=O)CSc2nnc(N)n2C2CC2)c1. The van der Waals surface area contributed by atoms with Crippen LogP contribution in [0.4, 0.5) is 5.95 Å². The number of nitrogens with one attached hydrogen (secondary N) is 1. The quantitative estimate of drug-likeness (QED) is 0.748. The van der Waals surface area contributed by atoms with E-state index < -0.39 is 0 Å². The van der Waals surface area contributed by atoms with E-state index in [9.17, 15) is 4.79 Å². The van der Waals surface area contributed by atoms with Crippen molar-refractivity contribution < 1.29 is 9.53 Å². The van der Waals surface area contributed by atoms with Crippen LogP contribution in [-0.2, 0) is 11.3 Å². The van der Waals surface area contributed by atoms with Crippen LogP contribution >= 0.6 is 11.8 Å². The lowest BCUT2D eigenvalue weighted by Crippen LogP contribution is -2.24. The minimum absolute atomic E-state index is 0.0539. The van der Waals surface area contributed by atoms with E-state index >= 15 is 0 Å². The first-order valence-electron chi connectivity index (χ1n) is 7.40. The second-order valence-corrected chi connectivity index (χ2v) is 6.30. The molecule has 1 heterocycles. The third-order valence-electron chi connectivity index (χ3n) is 3.56. The number of rotatable bonds is 7. The topological polar surface area (TPSA) is 95.1 Å². The van der Waals surface area contributed by atoms with Crippen molar-refractivity contribution in [3.8, 4) is 5.75 Å². The molecule has 122 valence electrons. The van der Waals surface area contributed by atoms with Gasteiger partial charge in [0.25, 0.3) is 0 Å². The van der Waals surface area contributed by atoms with Gasteiger partial charge in [0.05, 0.1) is 12.9 Å². The molecule has 0 radical (unpaired) electrons. The van der Waals surface area contributed by atoms with Gasteiger partial charge in [-0.1, -0.05) is 23.9 Å². The van der Waals surface area contributed by atoms with Gasteiger partial charge in [-0.25, -0.2) is 0 Å². The van der Waals surface area contributed by atoms with Gasteiger partial charge in [-0.2, -0.15) is 0 Å². The Kier molecular flexibility index (Phi) is 4.71. The van der Waals surface area contributed by atoms with Gasteiger partial charge in [0.2, 0.25) is 11.9 Å². The van der Waals surface area contributed by atoms with E-state index in [0.29, 0.717) is 23.7 Å². The lowest BCUT2D eigenvalue weighted by Gasteiger charge is -2.08. The lowest BCUT2D eigenvalue weighted by atomic mass is 10.2. The molecular formula is C15H19N5O2S. The summed E-state index contributed by atoms with van der Waals surface area (Å²) in [6.07, 6.45) is 2.19. The number of amides is 1. The first-order chi connectivity index (χ1) is 11.2. The molecule has 8 heteroatoms. The van der Waals surface area contributed by atoms with Crippen LogP contribution in [0.5, 0.6) is 5.75 Å². The van der Waals surface area contributed by atoms with Crippen molar-refractivity contribution in [1.29, 1.82) is 0 Å². The Morgan fingerprint density at radius 3 is 3.04 bits per heavy atom. The Bertz CT molecular complexity index is 699. The summed E-state index contributed by atoms with van der Waals surface area (Å²) in [6.45, 7) is 0.466. The van der Waals surface area contributed by atoms with E-state index in [2.05, 4.69) is 15.5 Å². The fraction of sp³-hybridized carbons (Fsp3) is 0.400. The summed E-state index contributed by atoms with van der Waals surface area (Å²) in [7, 11) is 1.62. The fourth-order valence-corrected chi connectivity index (χ4v) is 3.07. The summed E-state index contributed by atoms with van der Waals surface area (Å²) in [5.41, 5.74) is 6.81. The standard InChI is InChI=1S/C15H19N5O2S/c1-22-12-4-2-3-10(7-12)8-17-13(21)9-23-15-19-18-14(16)20(15)11-5-6-11/h2-4,7,11H,5-6,8-9H2,1H3,(H2,16,18)(H,17,21). The van der Waals surface area contributed by atoms with Crippen molar-refractivity contribution in [2.24, 2.45) is 0 Å². The second-order valence-electron chi connectivity index (χ2n) is 5.36. The van der Waals surface area contributed by atoms with Crippen molar-refractivity contribution in [2.45, 2.75) is 30.6 Å². The van der Waals surface area contributed by atoms with Gasteiger partial charge in [-0.3, -0.25) is 9.36 Å². The van der Waals surface area contributed by atoms with Crippen LogP contribution in [0.3, 0.4) is 0 Å². The van der Waals surface area contributed by atoms with Gasteiger partial charge in [0, 0.05) is 12.6 Å². The summed E-state index contributed by atoms with van der Waals surface area (Å²) in [5, 5.41) is 11.5. The number of nitrogens with zero attached hydrogens (tertiary/aromatic N) is 3. The number of ether oxygens (including phenoxy) is 1. The number of thioether (sulfide) groups is 1. The average molecular weight is 333 g/mol. The number of carbonyl (C=O) groups is 1. The molecule has 0 spiro atoms. The molecule has 0 unspecified atom stereocenters. The molecule has 0 aliphatic heterocycles. The predicted molar refractivity (Wildman–Crippen MR) is 88.3 cm³/mol. The van der Waals surface area contributed by atoms with E-state index in [1.165, 1.54) is 11.8 Å². The van der Waals surface area contributed by atoms with E-state index in [0.717, 1.165) is 24.2 Å². The molecular weight excluding hydrogens is 314 g/mol. The molecule has 2 aromatic rings. The summed E-state index contributed by atoms with van der Waals surface area (Å²) >= 11 is 1.36. The van der Waals surface area contributed by atoms with Gasteiger partial charge in [-0.05, 0) is 30.5 Å². The zero-order chi connectivity index (χ0) is 16.2. The highest BCUT2D eigenvalue weighted by atomic mass is 32.2. The van der Waals surface area contributed by atoms with Gasteiger partial charge in [0.1, 0.15) is 5.75 Å². The summed E-state index contributed by atoms with van der Waals surface area (Å²) in [5.74, 6) is 1.43. The molecule has 1 amide bonds. The Hall–Kier alpha value is -2.22. The summed E-state index contributed by atoms with van der Waals surface area (Å²) < 4.78 is 7.08. The number of nitrogens with two attached hydrogens (primary N) is 1. The largest absolute Gasteiger partial charge is 0.497 e. The van der Waals surface area contributed by atoms with Gasteiger partial charge in [0.15, 0.2) is 5.16 Å². The molecule has 0 saturated heterocycles. The van der Waals surface area contributed by atoms with E-state index in [1.54, 1.807) is 7.11 Å². The van der Waals surface area contributed by atoms with Gasteiger partial charge in [-0.15, -0.1) is 10.2 Å². The number of hydrogen-bond donors (Lipinski definition) is 2. The molecule has 1 aliphatic carbocycles. The van der Waals surface area contributed by atoms with Crippen molar-refractivity contribution in [2.75, 3.05) is 18.6 Å². The minimum Gasteiger partial charge on any atom is -0.497 e. The molecule has 1 aliphatic rings. The van der Waals surface area contributed by atoms with Crippen molar-refractivity contribution >= 4 is 23.6 Å². The van der Waals surface area contributed by atoms with Crippen LogP contribution < -0.4 is 15.8 Å². The van der Waals surface area contributed by atoms with Crippen molar-refractivity contribution in [3.63, 3.8) is 0 Å². The predicted octanol–water partition coefficient (Wildman–Crippen LogP) is 1.61. The first kappa shape index (κ1) is 15.7. The van der Waals surface area contributed by atoms with Crippen LogP contribution in [0.25, 0.3) is 0 Å². The lowest BCUT2D eigenvalue weighted by molar-refractivity contribution is -0.118. The summed E-state index contributed by atoms with van der Waals surface area (Å²) in [4.78, 5) is 12.0. The third-order valence-corrected chi connectivity index (χ3v) is 4.50. The third kappa shape index (κ3) is 3.95. The van der Waals surface area contributed by atoms with Crippen molar-refractivity contribution in [3.05, 3.63) is 29.8 Å². The zero-order valence-corrected chi connectivity index (χ0v) is 13.7. The molecule has 1 fully saturated rings. The van der Waals surface area contributed by atoms with Crippen molar-refractivity contribution in [1.82, 2.24) is 20.1 Å².